The minimum atomic E-state index is 0.211. The number of amides is 1. The zero-order valence-electron chi connectivity index (χ0n) is 11.1. The van der Waals surface area contributed by atoms with Crippen LogP contribution in [0.4, 0.5) is 0 Å². The lowest BCUT2D eigenvalue weighted by Gasteiger charge is -2.23. The molecule has 1 amide bonds. The number of nitrogens with two attached hydrogens (primary N) is 1. The first kappa shape index (κ1) is 13.4. The van der Waals surface area contributed by atoms with Gasteiger partial charge in [0.15, 0.2) is 0 Å². The van der Waals surface area contributed by atoms with Crippen molar-refractivity contribution in [3.8, 4) is 0 Å². The highest BCUT2D eigenvalue weighted by Crippen LogP contribution is 2.38. The number of carbonyl (C=O) groups is 1. The molecule has 1 heterocycles. The number of carbonyl (C=O) groups excluding carboxylic acids is 1. The first-order valence-corrected chi connectivity index (χ1v) is 7.56. The number of hydrogen-bond donors (Lipinski definition) is 1. The van der Waals surface area contributed by atoms with Gasteiger partial charge >= 0.3 is 0 Å². The number of aryl methyl sites for hydroxylation is 1. The molecule has 1 saturated heterocycles. The second-order valence-corrected chi connectivity index (χ2v) is 5.72. The van der Waals surface area contributed by atoms with Crippen molar-refractivity contribution in [2.24, 2.45) is 0 Å². The van der Waals surface area contributed by atoms with Gasteiger partial charge in [-0.15, -0.1) is 11.8 Å². The molecule has 0 unspecified atom stereocenters. The summed E-state index contributed by atoms with van der Waals surface area (Å²) in [6.07, 6.45) is 0. The standard InChI is InChI=1S/C14H20N2OS/c1-3-15-8-9-16-13(17)10-18-14(16)12-6-4-11(2)5-7-12/h4-7,14-15H,3,8-10H2,1-2H3/p+1/t14-/m0/s1. The molecular formula is C14H21N2OS+. The van der Waals surface area contributed by atoms with E-state index in [4.69, 9.17) is 0 Å². The normalized spacial score (nSPS) is 19.6. The maximum Gasteiger partial charge on any atom is 0.234 e. The number of thioether (sulfide) groups is 1. The topological polar surface area (TPSA) is 36.9 Å². The van der Waals surface area contributed by atoms with Crippen LogP contribution in [0.1, 0.15) is 23.4 Å². The molecule has 2 N–H and O–H groups in total. The van der Waals surface area contributed by atoms with Crippen molar-refractivity contribution < 1.29 is 10.1 Å². The van der Waals surface area contributed by atoms with Gasteiger partial charge in [0, 0.05) is 0 Å². The lowest BCUT2D eigenvalue weighted by Crippen LogP contribution is -2.85. The molecule has 1 aliphatic rings. The lowest BCUT2D eigenvalue weighted by atomic mass is 10.1. The van der Waals surface area contributed by atoms with Crippen molar-refractivity contribution in [2.75, 3.05) is 25.4 Å². The van der Waals surface area contributed by atoms with Gasteiger partial charge in [0.2, 0.25) is 5.91 Å². The van der Waals surface area contributed by atoms with Gasteiger partial charge in [0.1, 0.15) is 5.37 Å². The molecule has 2 rings (SSSR count). The Morgan fingerprint density at radius 3 is 2.78 bits per heavy atom. The summed E-state index contributed by atoms with van der Waals surface area (Å²) in [5.74, 6) is 0.889. The third-order valence-electron chi connectivity index (χ3n) is 3.19. The summed E-state index contributed by atoms with van der Waals surface area (Å²) in [5.41, 5.74) is 2.51. The van der Waals surface area contributed by atoms with Crippen LogP contribution in [-0.4, -0.2) is 36.2 Å². The molecular weight excluding hydrogens is 244 g/mol. The Morgan fingerprint density at radius 1 is 1.39 bits per heavy atom. The van der Waals surface area contributed by atoms with Gasteiger partial charge in [-0.25, -0.2) is 0 Å². The van der Waals surface area contributed by atoms with E-state index in [1.807, 2.05) is 4.90 Å². The largest absolute Gasteiger partial charge is 0.345 e. The summed E-state index contributed by atoms with van der Waals surface area (Å²) in [5, 5.41) is 2.45. The average molecular weight is 265 g/mol. The monoisotopic (exact) mass is 265 g/mol. The summed E-state index contributed by atoms with van der Waals surface area (Å²) in [4.78, 5) is 13.9. The van der Waals surface area contributed by atoms with E-state index in [0.717, 1.165) is 19.6 Å². The Morgan fingerprint density at radius 2 is 2.11 bits per heavy atom. The van der Waals surface area contributed by atoms with Gasteiger partial charge in [-0.1, -0.05) is 29.8 Å². The zero-order valence-corrected chi connectivity index (χ0v) is 11.9. The lowest BCUT2D eigenvalue weighted by molar-refractivity contribution is -0.651. The van der Waals surface area contributed by atoms with Crippen molar-refractivity contribution in [2.45, 2.75) is 19.2 Å². The summed E-state index contributed by atoms with van der Waals surface area (Å²) >= 11 is 1.74. The molecule has 4 heteroatoms. The van der Waals surface area contributed by atoms with Gasteiger partial charge in [-0.2, -0.15) is 0 Å². The van der Waals surface area contributed by atoms with Gasteiger partial charge in [-0.05, 0) is 19.4 Å². The van der Waals surface area contributed by atoms with Crippen LogP contribution in [0.25, 0.3) is 0 Å². The molecule has 1 aromatic rings. The van der Waals surface area contributed by atoms with Crippen LogP contribution >= 0.6 is 11.8 Å². The number of quaternary nitrogens is 1. The van der Waals surface area contributed by atoms with Crippen LogP contribution in [-0.2, 0) is 4.79 Å². The van der Waals surface area contributed by atoms with Gasteiger partial charge < -0.3 is 10.2 Å². The van der Waals surface area contributed by atoms with E-state index >= 15 is 0 Å². The minimum absolute atomic E-state index is 0.211. The van der Waals surface area contributed by atoms with E-state index in [-0.39, 0.29) is 11.3 Å². The first-order chi connectivity index (χ1) is 8.72. The molecule has 0 spiro atoms. The molecule has 0 aliphatic carbocycles. The van der Waals surface area contributed by atoms with E-state index in [1.165, 1.54) is 11.1 Å². The molecule has 0 radical (unpaired) electrons. The van der Waals surface area contributed by atoms with Crippen molar-refractivity contribution in [3.05, 3.63) is 35.4 Å². The summed E-state index contributed by atoms with van der Waals surface area (Å²) in [6.45, 7) is 7.14. The van der Waals surface area contributed by atoms with E-state index in [2.05, 4.69) is 43.4 Å². The van der Waals surface area contributed by atoms with E-state index in [0.29, 0.717) is 5.75 Å². The van der Waals surface area contributed by atoms with E-state index < -0.39 is 0 Å². The number of benzene rings is 1. The van der Waals surface area contributed by atoms with E-state index in [9.17, 15) is 4.79 Å². The highest BCUT2D eigenvalue weighted by atomic mass is 32.2. The molecule has 3 nitrogen and oxygen atoms in total. The quantitative estimate of drug-likeness (QED) is 0.811. The number of hydrogen-bond acceptors (Lipinski definition) is 2. The predicted molar refractivity (Wildman–Crippen MR) is 75.4 cm³/mol. The molecule has 0 bridgehead atoms. The van der Waals surface area contributed by atoms with Gasteiger partial charge in [0.05, 0.1) is 25.4 Å². The summed E-state index contributed by atoms with van der Waals surface area (Å²) in [7, 11) is 0. The smallest absolute Gasteiger partial charge is 0.234 e. The first-order valence-electron chi connectivity index (χ1n) is 6.51. The number of rotatable bonds is 5. The second kappa shape index (κ2) is 6.25. The zero-order chi connectivity index (χ0) is 13.0. The minimum Gasteiger partial charge on any atom is -0.345 e. The van der Waals surface area contributed by atoms with Crippen LogP contribution in [0, 0.1) is 6.92 Å². The maximum atomic E-state index is 11.9. The Hall–Kier alpha value is -1.00. The SMILES string of the molecule is CC[NH2+]CCN1C(=O)CS[C@H]1c1ccc(C)cc1. The summed E-state index contributed by atoms with van der Waals surface area (Å²) in [6, 6.07) is 8.52. The number of likely N-dealkylation sites (N-methyl/N-ethyl adjacent to an activating group) is 1. The Kier molecular flexibility index (Phi) is 4.66. The fourth-order valence-corrected chi connectivity index (χ4v) is 3.36. The van der Waals surface area contributed by atoms with Crippen LogP contribution in [0.3, 0.4) is 0 Å². The number of nitrogens with zero attached hydrogens (tertiary/aromatic N) is 1. The summed E-state index contributed by atoms with van der Waals surface area (Å²) < 4.78 is 0. The van der Waals surface area contributed by atoms with Gasteiger partial charge in [-0.3, -0.25) is 4.79 Å². The fourth-order valence-electron chi connectivity index (χ4n) is 2.14. The fraction of sp³-hybridized carbons (Fsp3) is 0.500. The average Bonchev–Trinajstić information content (AvgIpc) is 2.73. The van der Waals surface area contributed by atoms with Crippen LogP contribution in [0.15, 0.2) is 24.3 Å². The molecule has 1 fully saturated rings. The van der Waals surface area contributed by atoms with Crippen molar-refractivity contribution in [1.29, 1.82) is 0 Å². The third-order valence-corrected chi connectivity index (χ3v) is 4.45. The molecule has 0 saturated carbocycles. The predicted octanol–water partition coefficient (Wildman–Crippen LogP) is 1.15. The second-order valence-electron chi connectivity index (χ2n) is 4.65. The Bertz CT molecular complexity index is 405. The molecule has 0 aromatic heterocycles. The highest BCUT2D eigenvalue weighted by Gasteiger charge is 2.32. The highest BCUT2D eigenvalue weighted by molar-refractivity contribution is 8.00. The third kappa shape index (κ3) is 3.06. The van der Waals surface area contributed by atoms with Crippen LogP contribution < -0.4 is 5.32 Å². The molecule has 1 atom stereocenters. The molecule has 1 aliphatic heterocycles. The Balaban J connectivity index is 2.06. The van der Waals surface area contributed by atoms with Crippen molar-refractivity contribution in [3.63, 3.8) is 0 Å². The van der Waals surface area contributed by atoms with E-state index in [1.54, 1.807) is 11.8 Å². The van der Waals surface area contributed by atoms with Gasteiger partial charge in [0.25, 0.3) is 0 Å². The van der Waals surface area contributed by atoms with Crippen molar-refractivity contribution in [1.82, 2.24) is 4.90 Å². The van der Waals surface area contributed by atoms with Crippen molar-refractivity contribution >= 4 is 17.7 Å². The molecule has 18 heavy (non-hydrogen) atoms. The Labute approximate surface area is 113 Å². The van der Waals surface area contributed by atoms with Crippen LogP contribution in [0.2, 0.25) is 0 Å². The van der Waals surface area contributed by atoms with Crippen LogP contribution in [0.5, 0.6) is 0 Å². The molecule has 98 valence electrons. The maximum absolute atomic E-state index is 11.9. The molecule has 1 aromatic carbocycles.